The zero-order valence-corrected chi connectivity index (χ0v) is 10.6. The summed E-state index contributed by atoms with van der Waals surface area (Å²) in [5.74, 6) is -0.169. The van der Waals surface area contributed by atoms with Gasteiger partial charge in [0.2, 0.25) is 5.91 Å². The lowest BCUT2D eigenvalue weighted by Crippen LogP contribution is -2.33. The molecule has 0 saturated carbocycles. The number of benzene rings is 1. The van der Waals surface area contributed by atoms with Crippen LogP contribution in [-0.4, -0.2) is 34.1 Å². The predicted octanol–water partition coefficient (Wildman–Crippen LogP) is 1.90. The molecule has 2 N–H and O–H groups in total. The van der Waals surface area contributed by atoms with Crippen LogP contribution in [0.3, 0.4) is 0 Å². The molecule has 1 heterocycles. The third-order valence-electron chi connectivity index (χ3n) is 3.42. The third-order valence-corrected chi connectivity index (χ3v) is 3.42. The Labute approximate surface area is 107 Å². The second-order valence-electron chi connectivity index (χ2n) is 4.96. The number of phenolic OH excluding ortho intramolecular Hbond substituents is 2. The van der Waals surface area contributed by atoms with Crippen LogP contribution in [0.15, 0.2) is 18.2 Å². The van der Waals surface area contributed by atoms with Gasteiger partial charge in [0.05, 0.1) is 0 Å². The number of hydrogen-bond acceptors (Lipinski definition) is 3. The smallest absolute Gasteiger partial charge is 0.225 e. The van der Waals surface area contributed by atoms with Crippen molar-refractivity contribution in [3.63, 3.8) is 0 Å². The fraction of sp³-hybridized carbons (Fsp3) is 0.500. The Kier molecular flexibility index (Phi) is 3.75. The van der Waals surface area contributed by atoms with Gasteiger partial charge in [-0.15, -0.1) is 0 Å². The quantitative estimate of drug-likeness (QED) is 0.804. The molecule has 1 amide bonds. The van der Waals surface area contributed by atoms with E-state index in [0.717, 1.165) is 31.5 Å². The third kappa shape index (κ3) is 2.75. The molecule has 1 saturated heterocycles. The minimum atomic E-state index is -0.131. The van der Waals surface area contributed by atoms with Gasteiger partial charge in [-0.1, -0.05) is 13.0 Å². The van der Waals surface area contributed by atoms with Gasteiger partial charge >= 0.3 is 0 Å². The number of amides is 1. The van der Waals surface area contributed by atoms with Crippen LogP contribution in [-0.2, 0) is 11.2 Å². The Bertz CT molecular complexity index is 439. The molecule has 98 valence electrons. The zero-order chi connectivity index (χ0) is 13.1. The lowest BCUT2D eigenvalue weighted by molar-refractivity contribution is -0.133. The minimum absolute atomic E-state index is 0.0907. The van der Waals surface area contributed by atoms with Gasteiger partial charge in [-0.2, -0.15) is 0 Å². The molecule has 1 atom stereocenters. The second-order valence-corrected chi connectivity index (χ2v) is 4.96. The molecule has 0 radical (unpaired) electrons. The van der Waals surface area contributed by atoms with Gasteiger partial charge in [0.15, 0.2) is 11.5 Å². The van der Waals surface area contributed by atoms with Crippen molar-refractivity contribution in [1.29, 1.82) is 0 Å². The van der Waals surface area contributed by atoms with E-state index >= 15 is 0 Å². The topological polar surface area (TPSA) is 60.8 Å². The normalized spacial score (nSPS) is 16.8. The van der Waals surface area contributed by atoms with Gasteiger partial charge in [-0.25, -0.2) is 0 Å². The van der Waals surface area contributed by atoms with Crippen molar-refractivity contribution in [3.8, 4) is 11.5 Å². The summed E-state index contributed by atoms with van der Waals surface area (Å²) in [7, 11) is 0. The summed E-state index contributed by atoms with van der Waals surface area (Å²) < 4.78 is 0. The molecule has 0 spiro atoms. The molecule has 1 aliphatic heterocycles. The van der Waals surface area contributed by atoms with Crippen LogP contribution in [0.25, 0.3) is 0 Å². The molecule has 18 heavy (non-hydrogen) atoms. The van der Waals surface area contributed by atoms with Crippen molar-refractivity contribution in [2.75, 3.05) is 13.1 Å². The largest absolute Gasteiger partial charge is 0.504 e. The maximum Gasteiger partial charge on any atom is 0.225 e. The Balaban J connectivity index is 1.99. The SMILES string of the molecule is CC(Cc1ccc(O)c(O)c1)C(=O)N1CCCC1. The summed E-state index contributed by atoms with van der Waals surface area (Å²) in [6, 6.07) is 4.71. The molecule has 1 unspecified atom stereocenters. The number of aromatic hydroxyl groups is 2. The fourth-order valence-electron chi connectivity index (χ4n) is 2.39. The highest BCUT2D eigenvalue weighted by Crippen LogP contribution is 2.26. The lowest BCUT2D eigenvalue weighted by Gasteiger charge is -2.20. The van der Waals surface area contributed by atoms with Crippen molar-refractivity contribution >= 4 is 5.91 Å². The van der Waals surface area contributed by atoms with Gasteiger partial charge < -0.3 is 15.1 Å². The second kappa shape index (κ2) is 5.29. The fourth-order valence-corrected chi connectivity index (χ4v) is 2.39. The number of nitrogens with zero attached hydrogens (tertiary/aromatic N) is 1. The van der Waals surface area contributed by atoms with E-state index in [9.17, 15) is 15.0 Å². The van der Waals surface area contributed by atoms with Crippen LogP contribution in [0.1, 0.15) is 25.3 Å². The highest BCUT2D eigenvalue weighted by molar-refractivity contribution is 5.79. The maximum absolute atomic E-state index is 12.1. The zero-order valence-electron chi connectivity index (χ0n) is 10.6. The van der Waals surface area contributed by atoms with Crippen molar-refractivity contribution < 1.29 is 15.0 Å². The number of rotatable bonds is 3. The number of hydrogen-bond donors (Lipinski definition) is 2. The number of carbonyl (C=O) groups is 1. The summed E-state index contributed by atoms with van der Waals surface area (Å²) in [5, 5.41) is 18.7. The van der Waals surface area contributed by atoms with E-state index in [0.29, 0.717) is 6.42 Å². The molecule has 4 nitrogen and oxygen atoms in total. The molecular weight excluding hydrogens is 230 g/mol. The number of likely N-dealkylation sites (tertiary alicyclic amines) is 1. The summed E-state index contributed by atoms with van der Waals surface area (Å²) >= 11 is 0. The Morgan fingerprint density at radius 1 is 1.28 bits per heavy atom. The molecule has 4 heteroatoms. The van der Waals surface area contributed by atoms with Gasteiger partial charge in [0, 0.05) is 19.0 Å². The minimum Gasteiger partial charge on any atom is -0.504 e. The summed E-state index contributed by atoms with van der Waals surface area (Å²) in [5.41, 5.74) is 0.866. The molecule has 1 aliphatic rings. The average Bonchev–Trinajstić information content (AvgIpc) is 2.86. The van der Waals surface area contributed by atoms with Gasteiger partial charge in [-0.05, 0) is 37.0 Å². The van der Waals surface area contributed by atoms with E-state index in [4.69, 9.17) is 0 Å². The van der Waals surface area contributed by atoms with E-state index in [-0.39, 0.29) is 23.3 Å². The van der Waals surface area contributed by atoms with E-state index in [2.05, 4.69) is 0 Å². The first kappa shape index (κ1) is 12.7. The van der Waals surface area contributed by atoms with Crippen LogP contribution >= 0.6 is 0 Å². The average molecular weight is 249 g/mol. The van der Waals surface area contributed by atoms with Gasteiger partial charge in [0.25, 0.3) is 0 Å². The monoisotopic (exact) mass is 249 g/mol. The summed E-state index contributed by atoms with van der Waals surface area (Å²) in [4.78, 5) is 14.0. The Morgan fingerprint density at radius 3 is 2.56 bits per heavy atom. The molecule has 0 aromatic heterocycles. The lowest BCUT2D eigenvalue weighted by atomic mass is 9.99. The number of carbonyl (C=O) groups excluding carboxylic acids is 1. The summed E-state index contributed by atoms with van der Waals surface area (Å²) in [6.07, 6.45) is 2.78. The van der Waals surface area contributed by atoms with Gasteiger partial charge in [-0.3, -0.25) is 4.79 Å². The van der Waals surface area contributed by atoms with Crippen molar-refractivity contribution in [2.45, 2.75) is 26.2 Å². The molecule has 2 rings (SSSR count). The Hall–Kier alpha value is -1.71. The molecule has 0 aliphatic carbocycles. The molecular formula is C14H19NO3. The van der Waals surface area contributed by atoms with Crippen LogP contribution in [0.4, 0.5) is 0 Å². The standard InChI is InChI=1S/C14H19NO3/c1-10(14(18)15-6-2-3-7-15)8-11-4-5-12(16)13(17)9-11/h4-5,9-10,16-17H,2-3,6-8H2,1H3. The first-order valence-electron chi connectivity index (χ1n) is 6.37. The molecule has 1 fully saturated rings. The first-order valence-corrected chi connectivity index (χ1v) is 6.37. The van der Waals surface area contributed by atoms with Crippen LogP contribution < -0.4 is 0 Å². The highest BCUT2D eigenvalue weighted by atomic mass is 16.3. The van der Waals surface area contributed by atoms with Crippen LogP contribution in [0.5, 0.6) is 11.5 Å². The van der Waals surface area contributed by atoms with Crippen LogP contribution in [0.2, 0.25) is 0 Å². The van der Waals surface area contributed by atoms with Crippen LogP contribution in [0, 0.1) is 5.92 Å². The predicted molar refractivity (Wildman–Crippen MR) is 68.5 cm³/mol. The van der Waals surface area contributed by atoms with E-state index < -0.39 is 0 Å². The highest BCUT2D eigenvalue weighted by Gasteiger charge is 2.23. The van der Waals surface area contributed by atoms with Crippen molar-refractivity contribution in [1.82, 2.24) is 4.90 Å². The Morgan fingerprint density at radius 2 is 1.94 bits per heavy atom. The van der Waals surface area contributed by atoms with Gasteiger partial charge in [0.1, 0.15) is 0 Å². The van der Waals surface area contributed by atoms with E-state index in [1.165, 1.54) is 12.1 Å². The van der Waals surface area contributed by atoms with Crippen molar-refractivity contribution in [2.24, 2.45) is 5.92 Å². The summed E-state index contributed by atoms with van der Waals surface area (Å²) in [6.45, 7) is 3.64. The van der Waals surface area contributed by atoms with E-state index in [1.54, 1.807) is 6.07 Å². The molecule has 1 aromatic carbocycles. The maximum atomic E-state index is 12.1. The van der Waals surface area contributed by atoms with Crippen molar-refractivity contribution in [3.05, 3.63) is 23.8 Å². The number of phenols is 2. The molecule has 1 aromatic rings. The molecule has 0 bridgehead atoms. The van der Waals surface area contributed by atoms with E-state index in [1.807, 2.05) is 11.8 Å². The first-order chi connectivity index (χ1) is 8.58.